The number of hydrogen-bond donors (Lipinski definition) is 1. The highest BCUT2D eigenvalue weighted by Gasteiger charge is 2.33. The van der Waals surface area contributed by atoms with Crippen molar-refractivity contribution in [2.45, 2.75) is 57.5 Å². The lowest BCUT2D eigenvalue weighted by Gasteiger charge is -2.33. The molecular weight excluding hydrogens is 498 g/mol. The van der Waals surface area contributed by atoms with Gasteiger partial charge in [0.1, 0.15) is 12.6 Å². The molecule has 38 heavy (non-hydrogen) atoms. The number of benzene rings is 3. The van der Waals surface area contributed by atoms with Gasteiger partial charge in [0.25, 0.3) is 10.0 Å². The van der Waals surface area contributed by atoms with Crippen molar-refractivity contribution in [3.8, 4) is 0 Å². The van der Waals surface area contributed by atoms with Gasteiger partial charge in [0.05, 0.1) is 10.6 Å². The van der Waals surface area contributed by atoms with Crippen LogP contribution in [0.5, 0.6) is 0 Å². The molecule has 202 valence electrons. The zero-order valence-corrected chi connectivity index (χ0v) is 23.3. The van der Waals surface area contributed by atoms with Crippen molar-refractivity contribution >= 4 is 27.5 Å². The Bertz CT molecular complexity index is 1310. The average Bonchev–Trinajstić information content (AvgIpc) is 2.92. The Morgan fingerprint density at radius 1 is 0.842 bits per heavy atom. The summed E-state index contributed by atoms with van der Waals surface area (Å²) in [5, 5.41) is 2.87. The molecule has 7 nitrogen and oxygen atoms in total. The summed E-state index contributed by atoms with van der Waals surface area (Å²) in [4.78, 5) is 28.4. The Morgan fingerprint density at radius 3 is 2.03 bits per heavy atom. The van der Waals surface area contributed by atoms with Gasteiger partial charge in [-0.3, -0.25) is 13.9 Å². The fourth-order valence-electron chi connectivity index (χ4n) is 4.26. The molecular formula is C30H37N3O4S. The molecule has 0 spiro atoms. The maximum atomic E-state index is 13.9. The van der Waals surface area contributed by atoms with Crippen molar-refractivity contribution in [2.75, 3.05) is 17.4 Å². The molecule has 8 heteroatoms. The molecule has 0 radical (unpaired) electrons. The summed E-state index contributed by atoms with van der Waals surface area (Å²) < 4.78 is 28.9. The lowest BCUT2D eigenvalue weighted by Crippen LogP contribution is -2.53. The molecule has 0 saturated carbocycles. The van der Waals surface area contributed by atoms with Crippen molar-refractivity contribution in [3.63, 3.8) is 0 Å². The molecule has 0 aliphatic heterocycles. The van der Waals surface area contributed by atoms with E-state index in [-0.39, 0.29) is 23.4 Å². The van der Waals surface area contributed by atoms with E-state index in [0.29, 0.717) is 18.5 Å². The summed E-state index contributed by atoms with van der Waals surface area (Å²) in [5.41, 5.74) is 2.28. The highest BCUT2D eigenvalue weighted by molar-refractivity contribution is 7.92. The predicted molar refractivity (Wildman–Crippen MR) is 151 cm³/mol. The minimum Gasteiger partial charge on any atom is -0.352 e. The molecule has 3 aromatic rings. The van der Waals surface area contributed by atoms with Gasteiger partial charge in [-0.2, -0.15) is 0 Å². The number of nitrogens with zero attached hydrogens (tertiary/aromatic N) is 2. The number of carbonyl (C=O) groups is 2. The highest BCUT2D eigenvalue weighted by atomic mass is 32.2. The Balaban J connectivity index is 2.00. The second-order valence-corrected chi connectivity index (χ2v) is 11.3. The normalized spacial score (nSPS) is 12.1. The monoisotopic (exact) mass is 535 g/mol. The van der Waals surface area contributed by atoms with Crippen LogP contribution in [-0.4, -0.2) is 50.3 Å². The molecule has 0 fully saturated rings. The lowest BCUT2D eigenvalue weighted by molar-refractivity contribution is -0.139. The number of para-hydroxylation sites is 1. The Hall–Kier alpha value is -3.65. The van der Waals surface area contributed by atoms with Gasteiger partial charge in [-0.05, 0) is 62.9 Å². The number of rotatable bonds is 12. The zero-order valence-electron chi connectivity index (χ0n) is 22.5. The molecule has 1 N–H and O–H groups in total. The van der Waals surface area contributed by atoms with Gasteiger partial charge in [-0.1, -0.05) is 73.7 Å². The number of aryl methyl sites for hydroxylation is 1. The predicted octanol–water partition coefficient (Wildman–Crippen LogP) is 4.43. The first kappa shape index (κ1) is 28.9. The smallest absolute Gasteiger partial charge is 0.264 e. The number of hydrogen-bond acceptors (Lipinski definition) is 4. The second-order valence-electron chi connectivity index (χ2n) is 9.47. The third-order valence-electron chi connectivity index (χ3n) is 6.33. The van der Waals surface area contributed by atoms with E-state index in [1.807, 2.05) is 63.2 Å². The molecule has 3 rings (SSSR count). The van der Waals surface area contributed by atoms with Crippen LogP contribution >= 0.6 is 0 Å². The molecule has 0 aliphatic carbocycles. The first-order valence-corrected chi connectivity index (χ1v) is 14.4. The Labute approximate surface area is 226 Å². The topological polar surface area (TPSA) is 86.8 Å². The van der Waals surface area contributed by atoms with E-state index in [1.165, 1.54) is 21.3 Å². The molecule has 1 atom stereocenters. The van der Waals surface area contributed by atoms with Gasteiger partial charge in [0.2, 0.25) is 11.8 Å². The second kappa shape index (κ2) is 13.2. The van der Waals surface area contributed by atoms with Gasteiger partial charge >= 0.3 is 0 Å². The molecule has 0 aliphatic rings. The van der Waals surface area contributed by atoms with Gasteiger partial charge < -0.3 is 10.2 Å². The van der Waals surface area contributed by atoms with Crippen molar-refractivity contribution < 1.29 is 18.0 Å². The van der Waals surface area contributed by atoms with E-state index in [1.54, 1.807) is 37.3 Å². The Kier molecular flexibility index (Phi) is 10.1. The minimum atomic E-state index is -4.06. The molecule has 0 saturated heterocycles. The molecule has 0 bridgehead atoms. The van der Waals surface area contributed by atoms with Gasteiger partial charge in [-0.15, -0.1) is 0 Å². The number of amides is 2. The van der Waals surface area contributed by atoms with Crippen molar-refractivity contribution in [2.24, 2.45) is 0 Å². The minimum absolute atomic E-state index is 0.0950. The van der Waals surface area contributed by atoms with Crippen LogP contribution in [0.4, 0.5) is 5.69 Å². The van der Waals surface area contributed by atoms with Gasteiger partial charge in [0.15, 0.2) is 0 Å². The van der Waals surface area contributed by atoms with Crippen molar-refractivity contribution in [1.82, 2.24) is 10.2 Å². The van der Waals surface area contributed by atoms with E-state index in [2.05, 4.69) is 5.32 Å². The fourth-order valence-corrected chi connectivity index (χ4v) is 5.73. The van der Waals surface area contributed by atoms with Gasteiger partial charge in [0, 0.05) is 12.6 Å². The molecule has 0 aromatic heterocycles. The van der Waals surface area contributed by atoms with Crippen molar-refractivity contribution in [1.29, 1.82) is 0 Å². The number of anilines is 1. The summed E-state index contributed by atoms with van der Waals surface area (Å²) in [6.45, 7) is 7.18. The van der Waals surface area contributed by atoms with E-state index < -0.39 is 28.5 Å². The van der Waals surface area contributed by atoms with E-state index in [0.717, 1.165) is 11.1 Å². The fraction of sp³-hybridized carbons (Fsp3) is 0.333. The summed E-state index contributed by atoms with van der Waals surface area (Å²) in [7, 11) is -4.06. The maximum Gasteiger partial charge on any atom is 0.264 e. The Morgan fingerprint density at radius 2 is 1.42 bits per heavy atom. The highest BCUT2D eigenvalue weighted by Crippen LogP contribution is 2.28. The summed E-state index contributed by atoms with van der Waals surface area (Å²) >= 11 is 0. The number of nitrogens with one attached hydrogen (secondary N) is 1. The van der Waals surface area contributed by atoms with Crippen LogP contribution in [0.1, 0.15) is 38.8 Å². The quantitative estimate of drug-likeness (QED) is 0.372. The van der Waals surface area contributed by atoms with Crippen molar-refractivity contribution in [3.05, 3.63) is 96.1 Å². The van der Waals surface area contributed by atoms with E-state index >= 15 is 0 Å². The lowest BCUT2D eigenvalue weighted by atomic mass is 10.1. The summed E-state index contributed by atoms with van der Waals surface area (Å²) in [6.07, 6.45) is 1.12. The third-order valence-corrected chi connectivity index (χ3v) is 8.11. The number of carbonyl (C=O) groups excluding carboxylic acids is 2. The molecule has 2 amide bonds. The van der Waals surface area contributed by atoms with E-state index in [4.69, 9.17) is 0 Å². The van der Waals surface area contributed by atoms with Gasteiger partial charge in [-0.25, -0.2) is 8.42 Å². The van der Waals surface area contributed by atoms with Crippen LogP contribution in [0, 0.1) is 0 Å². The first-order chi connectivity index (χ1) is 18.1. The van der Waals surface area contributed by atoms with E-state index in [9.17, 15) is 18.0 Å². The standard InChI is InChI=1S/C30H37N3O4S/c1-5-26-16-12-13-19-28(26)33(38(36,37)27-17-10-7-11-18-27)22-29(34)32(24(4)30(35)31-23(2)3)21-20-25-14-8-6-9-15-25/h6-19,23-24H,5,20-22H2,1-4H3,(H,31,35). The third kappa shape index (κ3) is 7.22. The largest absolute Gasteiger partial charge is 0.352 e. The summed E-state index contributed by atoms with van der Waals surface area (Å²) in [5.74, 6) is -0.731. The maximum absolute atomic E-state index is 13.9. The van der Waals surface area contributed by atoms with Crippen LogP contribution in [0.2, 0.25) is 0 Å². The SMILES string of the molecule is CCc1ccccc1N(CC(=O)N(CCc1ccccc1)C(C)C(=O)NC(C)C)S(=O)(=O)c1ccccc1. The molecule has 3 aromatic carbocycles. The van der Waals surface area contributed by atoms with Crippen LogP contribution < -0.4 is 9.62 Å². The average molecular weight is 536 g/mol. The van der Waals surface area contributed by atoms with Crippen LogP contribution in [0.3, 0.4) is 0 Å². The van der Waals surface area contributed by atoms with Crippen LogP contribution in [0.15, 0.2) is 89.8 Å². The molecule has 0 heterocycles. The number of sulfonamides is 1. The zero-order chi connectivity index (χ0) is 27.7. The first-order valence-electron chi connectivity index (χ1n) is 12.9. The molecule has 1 unspecified atom stereocenters. The summed E-state index contributed by atoms with van der Waals surface area (Å²) in [6, 6.07) is 24.1. The van der Waals surface area contributed by atoms with Crippen LogP contribution in [0.25, 0.3) is 0 Å². The van der Waals surface area contributed by atoms with Crippen LogP contribution in [-0.2, 0) is 32.5 Å².